The highest BCUT2D eigenvalue weighted by Gasteiger charge is 2.03. The van der Waals surface area contributed by atoms with E-state index in [-0.39, 0.29) is 0 Å². The van der Waals surface area contributed by atoms with Gasteiger partial charge in [-0.3, -0.25) is 0 Å². The lowest BCUT2D eigenvalue weighted by Gasteiger charge is -2.14. The molecule has 1 aromatic carbocycles. The predicted octanol–water partition coefficient (Wildman–Crippen LogP) is 0.672. The van der Waals surface area contributed by atoms with E-state index in [2.05, 4.69) is 45.1 Å². The Morgan fingerprint density at radius 3 is 3.00 bits per heavy atom. The maximum absolute atomic E-state index is 4.99. The molecule has 0 aliphatic heterocycles. The van der Waals surface area contributed by atoms with Gasteiger partial charge in [0.15, 0.2) is 0 Å². The molecule has 2 rings (SSSR count). The molecule has 0 amide bonds. The van der Waals surface area contributed by atoms with Crippen LogP contribution >= 0.6 is 0 Å². The minimum atomic E-state index is 0.407. The van der Waals surface area contributed by atoms with Gasteiger partial charge in [-0.25, -0.2) is 0 Å². The van der Waals surface area contributed by atoms with Crippen molar-refractivity contribution in [1.82, 2.24) is 26.0 Å². The summed E-state index contributed by atoms with van der Waals surface area (Å²) in [5.41, 5.74) is 3.02. The van der Waals surface area contributed by atoms with Gasteiger partial charge in [0.1, 0.15) is 11.0 Å². The minimum absolute atomic E-state index is 0.407. The highest BCUT2D eigenvalue weighted by molar-refractivity contribution is 5.74. The van der Waals surface area contributed by atoms with E-state index >= 15 is 0 Å². The van der Waals surface area contributed by atoms with Crippen LogP contribution in [0.2, 0.25) is 0 Å². The maximum atomic E-state index is 4.99. The van der Waals surface area contributed by atoms with Gasteiger partial charge in [-0.15, -0.1) is 0 Å². The van der Waals surface area contributed by atoms with Crippen LogP contribution in [-0.4, -0.2) is 48.3 Å². The van der Waals surface area contributed by atoms with Gasteiger partial charge in [0, 0.05) is 32.8 Å². The SMILES string of the molecule is COCCNCC(C)NCc1ccc2n[nH]nc2c1. The van der Waals surface area contributed by atoms with E-state index in [4.69, 9.17) is 4.74 Å². The zero-order valence-corrected chi connectivity index (χ0v) is 11.4. The second-order valence-corrected chi connectivity index (χ2v) is 4.63. The number of hydrogen-bond acceptors (Lipinski definition) is 5. The van der Waals surface area contributed by atoms with Gasteiger partial charge in [-0.2, -0.15) is 15.4 Å². The quantitative estimate of drug-likeness (QED) is 0.610. The summed E-state index contributed by atoms with van der Waals surface area (Å²) < 4.78 is 4.99. The second kappa shape index (κ2) is 7.18. The monoisotopic (exact) mass is 263 g/mol. The molecule has 104 valence electrons. The molecular weight excluding hydrogens is 242 g/mol. The number of aromatic nitrogens is 3. The number of nitrogens with one attached hydrogen (secondary N) is 3. The Hall–Kier alpha value is -1.50. The molecule has 0 saturated carbocycles. The molecule has 1 heterocycles. The summed E-state index contributed by atoms with van der Waals surface area (Å²) in [6, 6.07) is 6.52. The third-order valence-corrected chi connectivity index (χ3v) is 2.97. The van der Waals surface area contributed by atoms with Crippen molar-refractivity contribution in [2.75, 3.05) is 26.8 Å². The topological polar surface area (TPSA) is 74.9 Å². The number of nitrogens with zero attached hydrogens (tertiary/aromatic N) is 2. The molecule has 0 saturated heterocycles. The summed E-state index contributed by atoms with van der Waals surface area (Å²) >= 11 is 0. The van der Waals surface area contributed by atoms with E-state index in [0.29, 0.717) is 6.04 Å². The Morgan fingerprint density at radius 1 is 1.32 bits per heavy atom. The van der Waals surface area contributed by atoms with Crippen molar-refractivity contribution in [2.24, 2.45) is 0 Å². The van der Waals surface area contributed by atoms with Crippen LogP contribution in [0.1, 0.15) is 12.5 Å². The molecule has 0 aliphatic rings. The fourth-order valence-corrected chi connectivity index (χ4v) is 1.85. The number of ether oxygens (including phenoxy) is 1. The van der Waals surface area contributed by atoms with Crippen LogP contribution in [0.4, 0.5) is 0 Å². The molecule has 0 fully saturated rings. The molecule has 3 N–H and O–H groups in total. The number of methoxy groups -OCH3 is 1. The standard InChI is InChI=1S/C13H21N5O/c1-10(8-14-5-6-19-2)15-9-11-3-4-12-13(7-11)17-18-16-12/h3-4,7,10,14-15H,5-6,8-9H2,1-2H3,(H,16,17,18). The molecule has 0 aliphatic carbocycles. The van der Waals surface area contributed by atoms with Crippen molar-refractivity contribution in [3.05, 3.63) is 23.8 Å². The highest BCUT2D eigenvalue weighted by Crippen LogP contribution is 2.10. The van der Waals surface area contributed by atoms with Gasteiger partial charge in [0.2, 0.25) is 0 Å². The van der Waals surface area contributed by atoms with Crippen molar-refractivity contribution in [1.29, 1.82) is 0 Å². The molecule has 6 heteroatoms. The number of fused-ring (bicyclic) bond motifs is 1. The van der Waals surface area contributed by atoms with E-state index in [9.17, 15) is 0 Å². The Labute approximate surface area is 112 Å². The lowest BCUT2D eigenvalue weighted by molar-refractivity contribution is 0.198. The van der Waals surface area contributed by atoms with Crippen LogP contribution < -0.4 is 10.6 Å². The van der Waals surface area contributed by atoms with E-state index in [1.165, 1.54) is 5.56 Å². The van der Waals surface area contributed by atoms with Crippen molar-refractivity contribution >= 4 is 11.0 Å². The zero-order chi connectivity index (χ0) is 13.5. The van der Waals surface area contributed by atoms with Crippen LogP contribution in [0.15, 0.2) is 18.2 Å². The van der Waals surface area contributed by atoms with Crippen molar-refractivity contribution in [3.63, 3.8) is 0 Å². The lowest BCUT2D eigenvalue weighted by Crippen LogP contribution is -2.37. The van der Waals surface area contributed by atoms with Crippen molar-refractivity contribution < 1.29 is 4.74 Å². The van der Waals surface area contributed by atoms with Crippen LogP contribution in [0, 0.1) is 0 Å². The summed E-state index contributed by atoms with van der Waals surface area (Å²) in [5.74, 6) is 0. The first kappa shape index (κ1) is 13.9. The Morgan fingerprint density at radius 2 is 2.16 bits per heavy atom. The summed E-state index contributed by atoms with van der Waals surface area (Å²) in [5, 5.41) is 17.6. The molecule has 2 aromatic rings. The summed E-state index contributed by atoms with van der Waals surface area (Å²) in [7, 11) is 1.71. The van der Waals surface area contributed by atoms with Gasteiger partial charge in [0.05, 0.1) is 6.61 Å². The van der Waals surface area contributed by atoms with Crippen LogP contribution in [0.25, 0.3) is 11.0 Å². The summed E-state index contributed by atoms with van der Waals surface area (Å²) in [4.78, 5) is 0. The molecule has 1 aromatic heterocycles. The van der Waals surface area contributed by atoms with Crippen LogP contribution in [0.5, 0.6) is 0 Å². The summed E-state index contributed by atoms with van der Waals surface area (Å²) in [6.07, 6.45) is 0. The molecule has 1 unspecified atom stereocenters. The number of H-pyrrole nitrogens is 1. The van der Waals surface area contributed by atoms with Crippen LogP contribution in [-0.2, 0) is 11.3 Å². The smallest absolute Gasteiger partial charge is 0.113 e. The average Bonchev–Trinajstić information content (AvgIpc) is 2.89. The molecule has 6 nitrogen and oxygen atoms in total. The normalized spacial score (nSPS) is 12.9. The van der Waals surface area contributed by atoms with Gasteiger partial charge in [-0.05, 0) is 24.6 Å². The van der Waals surface area contributed by atoms with Gasteiger partial charge in [-0.1, -0.05) is 6.07 Å². The first-order chi connectivity index (χ1) is 9.29. The third kappa shape index (κ3) is 4.27. The Bertz CT molecular complexity index is 498. The van der Waals surface area contributed by atoms with Gasteiger partial charge in [0.25, 0.3) is 0 Å². The molecule has 0 bridgehead atoms. The number of hydrogen-bond donors (Lipinski definition) is 3. The largest absolute Gasteiger partial charge is 0.383 e. The third-order valence-electron chi connectivity index (χ3n) is 2.97. The van der Waals surface area contributed by atoms with Crippen molar-refractivity contribution in [2.45, 2.75) is 19.5 Å². The lowest BCUT2D eigenvalue weighted by atomic mass is 10.2. The maximum Gasteiger partial charge on any atom is 0.113 e. The number of aromatic amines is 1. The fraction of sp³-hybridized carbons (Fsp3) is 0.538. The van der Waals surface area contributed by atoms with E-state index in [1.807, 2.05) is 6.07 Å². The van der Waals surface area contributed by atoms with Gasteiger partial charge < -0.3 is 15.4 Å². The van der Waals surface area contributed by atoms with E-state index in [0.717, 1.165) is 37.3 Å². The van der Waals surface area contributed by atoms with Crippen LogP contribution in [0.3, 0.4) is 0 Å². The molecule has 0 radical (unpaired) electrons. The second-order valence-electron chi connectivity index (χ2n) is 4.63. The number of rotatable bonds is 8. The molecule has 1 atom stereocenters. The fourth-order valence-electron chi connectivity index (χ4n) is 1.85. The Kier molecular flexibility index (Phi) is 5.26. The summed E-state index contributed by atoms with van der Waals surface area (Å²) in [6.45, 7) is 5.54. The zero-order valence-electron chi connectivity index (χ0n) is 11.4. The number of benzene rings is 1. The first-order valence-corrected chi connectivity index (χ1v) is 6.52. The predicted molar refractivity (Wildman–Crippen MR) is 74.9 cm³/mol. The van der Waals surface area contributed by atoms with Crippen molar-refractivity contribution in [3.8, 4) is 0 Å². The van der Waals surface area contributed by atoms with E-state index < -0.39 is 0 Å². The molecule has 19 heavy (non-hydrogen) atoms. The van der Waals surface area contributed by atoms with E-state index in [1.54, 1.807) is 7.11 Å². The average molecular weight is 263 g/mol. The Balaban J connectivity index is 1.74. The highest BCUT2D eigenvalue weighted by atomic mass is 16.5. The molecule has 0 spiro atoms. The first-order valence-electron chi connectivity index (χ1n) is 6.52. The molecular formula is C13H21N5O. The van der Waals surface area contributed by atoms with Gasteiger partial charge >= 0.3 is 0 Å². The minimum Gasteiger partial charge on any atom is -0.383 e.